The van der Waals surface area contributed by atoms with Crippen LogP contribution in [0.25, 0.3) is 0 Å². The van der Waals surface area contributed by atoms with Crippen molar-refractivity contribution in [1.29, 1.82) is 0 Å². The number of nitrogens with two attached hydrogens (primary N) is 1. The SMILES string of the molecule is CCOC(=O)c1cc(OC)c(OCCN2CCSCC2)cc1N. The fraction of sp³-hybridized carbons (Fsp3) is 0.562. The van der Waals surface area contributed by atoms with Gasteiger partial charge in [-0.2, -0.15) is 11.8 Å². The minimum absolute atomic E-state index is 0.295. The molecule has 6 nitrogen and oxygen atoms in total. The Balaban J connectivity index is 2.00. The summed E-state index contributed by atoms with van der Waals surface area (Å²) < 4.78 is 16.1. The third-order valence-corrected chi connectivity index (χ3v) is 4.54. The minimum atomic E-state index is -0.458. The first-order valence-electron chi connectivity index (χ1n) is 7.73. The van der Waals surface area contributed by atoms with Gasteiger partial charge < -0.3 is 19.9 Å². The van der Waals surface area contributed by atoms with Crippen molar-refractivity contribution in [3.8, 4) is 11.5 Å². The van der Waals surface area contributed by atoms with Gasteiger partial charge in [0.25, 0.3) is 0 Å². The molecule has 1 heterocycles. The van der Waals surface area contributed by atoms with E-state index in [-0.39, 0.29) is 0 Å². The van der Waals surface area contributed by atoms with Crippen LogP contribution in [0.1, 0.15) is 17.3 Å². The summed E-state index contributed by atoms with van der Waals surface area (Å²) in [5.74, 6) is 2.91. The Morgan fingerprint density at radius 2 is 2.04 bits per heavy atom. The first-order valence-corrected chi connectivity index (χ1v) is 8.88. The monoisotopic (exact) mass is 340 g/mol. The Hall–Kier alpha value is -1.60. The average molecular weight is 340 g/mol. The molecule has 7 heteroatoms. The number of thioether (sulfide) groups is 1. The van der Waals surface area contributed by atoms with Gasteiger partial charge in [-0.1, -0.05) is 0 Å². The largest absolute Gasteiger partial charge is 0.493 e. The van der Waals surface area contributed by atoms with Gasteiger partial charge in [-0.25, -0.2) is 4.79 Å². The quantitative estimate of drug-likeness (QED) is 0.600. The predicted molar refractivity (Wildman–Crippen MR) is 92.6 cm³/mol. The topological polar surface area (TPSA) is 74.0 Å². The van der Waals surface area contributed by atoms with Crippen molar-refractivity contribution < 1.29 is 19.0 Å². The summed E-state index contributed by atoms with van der Waals surface area (Å²) >= 11 is 1.98. The normalized spacial score (nSPS) is 15.2. The third kappa shape index (κ3) is 4.94. The smallest absolute Gasteiger partial charge is 0.340 e. The van der Waals surface area contributed by atoms with E-state index in [4.69, 9.17) is 19.9 Å². The van der Waals surface area contributed by atoms with E-state index in [1.165, 1.54) is 18.6 Å². The van der Waals surface area contributed by atoms with Crippen molar-refractivity contribution in [2.75, 3.05) is 57.2 Å². The maximum Gasteiger partial charge on any atom is 0.340 e. The molecular formula is C16H24N2O4S. The molecular weight excluding hydrogens is 316 g/mol. The zero-order valence-electron chi connectivity index (χ0n) is 13.7. The van der Waals surface area contributed by atoms with Gasteiger partial charge in [0, 0.05) is 43.3 Å². The maximum absolute atomic E-state index is 11.9. The van der Waals surface area contributed by atoms with Crippen molar-refractivity contribution in [3.63, 3.8) is 0 Å². The van der Waals surface area contributed by atoms with E-state index in [1.54, 1.807) is 19.1 Å². The number of ether oxygens (including phenoxy) is 3. The highest BCUT2D eigenvalue weighted by molar-refractivity contribution is 7.99. The molecule has 1 aromatic carbocycles. The van der Waals surface area contributed by atoms with E-state index >= 15 is 0 Å². The van der Waals surface area contributed by atoms with Crippen LogP contribution in [0, 0.1) is 0 Å². The average Bonchev–Trinajstić information content (AvgIpc) is 2.56. The second-order valence-corrected chi connectivity index (χ2v) is 6.34. The highest BCUT2D eigenvalue weighted by Crippen LogP contribution is 2.32. The first kappa shape index (κ1) is 17.7. The van der Waals surface area contributed by atoms with E-state index < -0.39 is 5.97 Å². The van der Waals surface area contributed by atoms with Crippen LogP contribution < -0.4 is 15.2 Å². The number of hydrogen-bond acceptors (Lipinski definition) is 7. The molecule has 0 radical (unpaired) electrons. The Morgan fingerprint density at radius 3 is 2.70 bits per heavy atom. The Bertz CT molecular complexity index is 533. The zero-order valence-corrected chi connectivity index (χ0v) is 14.5. The molecule has 0 bridgehead atoms. The molecule has 1 saturated heterocycles. The molecule has 2 rings (SSSR count). The van der Waals surface area contributed by atoms with E-state index in [1.807, 2.05) is 11.8 Å². The number of methoxy groups -OCH3 is 1. The van der Waals surface area contributed by atoms with E-state index in [9.17, 15) is 4.79 Å². The number of carbonyl (C=O) groups is 1. The van der Waals surface area contributed by atoms with Crippen LogP contribution in [0.5, 0.6) is 11.5 Å². The van der Waals surface area contributed by atoms with E-state index in [0.717, 1.165) is 19.6 Å². The summed E-state index contributed by atoms with van der Waals surface area (Å²) in [6.45, 7) is 5.65. The van der Waals surface area contributed by atoms with Gasteiger partial charge >= 0.3 is 5.97 Å². The summed E-state index contributed by atoms with van der Waals surface area (Å²) in [7, 11) is 1.54. The maximum atomic E-state index is 11.9. The lowest BCUT2D eigenvalue weighted by molar-refractivity contribution is 0.0527. The van der Waals surface area contributed by atoms with Crippen molar-refractivity contribution in [1.82, 2.24) is 4.90 Å². The van der Waals surface area contributed by atoms with Crippen LogP contribution in [0.2, 0.25) is 0 Å². The van der Waals surface area contributed by atoms with Crippen LogP contribution >= 0.6 is 11.8 Å². The van der Waals surface area contributed by atoms with Crippen LogP contribution in [0.3, 0.4) is 0 Å². The lowest BCUT2D eigenvalue weighted by atomic mass is 10.1. The molecule has 0 amide bonds. The lowest BCUT2D eigenvalue weighted by Crippen LogP contribution is -2.35. The number of carbonyl (C=O) groups excluding carboxylic acids is 1. The third-order valence-electron chi connectivity index (χ3n) is 3.60. The number of esters is 1. The Morgan fingerprint density at radius 1 is 1.30 bits per heavy atom. The zero-order chi connectivity index (χ0) is 16.7. The summed E-state index contributed by atoms with van der Waals surface area (Å²) in [6, 6.07) is 3.19. The summed E-state index contributed by atoms with van der Waals surface area (Å²) in [4.78, 5) is 14.2. The first-order chi connectivity index (χ1) is 11.2. The second kappa shape index (κ2) is 8.88. The van der Waals surface area contributed by atoms with Crippen molar-refractivity contribution in [2.45, 2.75) is 6.92 Å². The molecule has 0 atom stereocenters. The van der Waals surface area contributed by atoms with Gasteiger partial charge in [-0.15, -0.1) is 0 Å². The standard InChI is InChI=1S/C16H24N2O4S/c1-3-21-16(19)12-10-14(20-2)15(11-13(12)17)22-7-4-18-5-8-23-9-6-18/h10-11H,3-9,17H2,1-2H3. The fourth-order valence-corrected chi connectivity index (χ4v) is 3.32. The van der Waals surface area contributed by atoms with Gasteiger partial charge in [0.05, 0.1) is 25.0 Å². The highest BCUT2D eigenvalue weighted by Gasteiger charge is 2.17. The van der Waals surface area contributed by atoms with Crippen molar-refractivity contribution in [2.24, 2.45) is 0 Å². The van der Waals surface area contributed by atoms with Crippen molar-refractivity contribution >= 4 is 23.4 Å². The van der Waals surface area contributed by atoms with E-state index in [2.05, 4.69) is 4.90 Å². The fourth-order valence-electron chi connectivity index (χ4n) is 2.34. The van der Waals surface area contributed by atoms with E-state index in [0.29, 0.717) is 36.0 Å². The minimum Gasteiger partial charge on any atom is -0.493 e. The molecule has 1 aliphatic heterocycles. The number of anilines is 1. The van der Waals surface area contributed by atoms with Gasteiger partial charge in [-0.3, -0.25) is 4.90 Å². The number of nitrogens with zero attached hydrogens (tertiary/aromatic N) is 1. The Labute approximate surface area is 141 Å². The predicted octanol–water partition coefficient (Wildman–Crippen LogP) is 1.88. The summed E-state index contributed by atoms with van der Waals surface area (Å²) in [5, 5.41) is 0. The summed E-state index contributed by atoms with van der Waals surface area (Å²) in [5.41, 5.74) is 6.56. The van der Waals surface area contributed by atoms with Crippen molar-refractivity contribution in [3.05, 3.63) is 17.7 Å². The van der Waals surface area contributed by atoms with Gasteiger partial charge in [0.2, 0.25) is 0 Å². The molecule has 0 unspecified atom stereocenters. The molecule has 2 N–H and O–H groups in total. The van der Waals surface area contributed by atoms with Crippen LogP contribution in [0.4, 0.5) is 5.69 Å². The molecule has 128 valence electrons. The molecule has 0 spiro atoms. The molecule has 1 aromatic rings. The summed E-state index contributed by atoms with van der Waals surface area (Å²) in [6.07, 6.45) is 0. The molecule has 1 fully saturated rings. The lowest BCUT2D eigenvalue weighted by Gasteiger charge is -2.26. The van der Waals surface area contributed by atoms with Crippen LogP contribution in [0.15, 0.2) is 12.1 Å². The molecule has 0 saturated carbocycles. The van der Waals surface area contributed by atoms with Gasteiger partial charge in [-0.05, 0) is 6.92 Å². The molecule has 23 heavy (non-hydrogen) atoms. The Kier molecular flexibility index (Phi) is 6.85. The number of hydrogen-bond donors (Lipinski definition) is 1. The number of rotatable bonds is 7. The van der Waals surface area contributed by atoms with Crippen LogP contribution in [-0.4, -0.2) is 62.3 Å². The molecule has 0 aromatic heterocycles. The highest BCUT2D eigenvalue weighted by atomic mass is 32.2. The van der Waals surface area contributed by atoms with Crippen LogP contribution in [-0.2, 0) is 4.74 Å². The van der Waals surface area contributed by atoms with Gasteiger partial charge in [0.1, 0.15) is 6.61 Å². The number of nitrogen functional groups attached to an aromatic ring is 1. The second-order valence-electron chi connectivity index (χ2n) is 5.11. The molecule has 1 aliphatic rings. The van der Waals surface area contributed by atoms with Gasteiger partial charge in [0.15, 0.2) is 11.5 Å². The molecule has 0 aliphatic carbocycles. The number of benzene rings is 1.